The van der Waals surface area contributed by atoms with Crippen LogP contribution in [0.3, 0.4) is 0 Å². The minimum absolute atomic E-state index is 0.00874. The number of hydrogen-bond donors (Lipinski definition) is 3. The van der Waals surface area contributed by atoms with Crippen molar-refractivity contribution in [2.75, 3.05) is 74.6 Å². The number of nitrogens with zero attached hydrogens (tertiary/aromatic N) is 9. The van der Waals surface area contributed by atoms with E-state index < -0.39 is 42.0 Å². The average Bonchev–Trinajstić information content (AvgIpc) is 4.16. The van der Waals surface area contributed by atoms with Crippen molar-refractivity contribution in [2.24, 2.45) is 5.41 Å². The van der Waals surface area contributed by atoms with Gasteiger partial charge in [0.25, 0.3) is 11.8 Å². The van der Waals surface area contributed by atoms with Crippen molar-refractivity contribution >= 4 is 57.5 Å². The molecule has 0 saturated carbocycles. The zero-order valence-corrected chi connectivity index (χ0v) is 38.7. The highest BCUT2D eigenvalue weighted by Gasteiger charge is 2.53. The lowest BCUT2D eigenvalue weighted by molar-refractivity contribution is -0.147. The Hall–Kier alpha value is -6.77. The molecule has 9 heterocycles. The van der Waals surface area contributed by atoms with Gasteiger partial charge in [-0.2, -0.15) is 0 Å². The molecule has 6 amide bonds. The van der Waals surface area contributed by atoms with Crippen LogP contribution in [-0.4, -0.2) is 129 Å². The first-order valence-electron chi connectivity index (χ1n) is 23.5. The highest BCUT2D eigenvalue weighted by atomic mass is 32.1. The molecule has 0 radical (unpaired) electrons. The molecule has 4 unspecified atom stereocenters. The van der Waals surface area contributed by atoms with Gasteiger partial charge in [0, 0.05) is 110 Å². The molecule has 0 bridgehead atoms. The van der Waals surface area contributed by atoms with E-state index in [1.807, 2.05) is 68.9 Å². The van der Waals surface area contributed by atoms with Crippen molar-refractivity contribution < 1.29 is 32.8 Å². The van der Waals surface area contributed by atoms with E-state index >= 15 is 8.78 Å². The summed E-state index contributed by atoms with van der Waals surface area (Å²) in [5.41, 5.74) is 10.1. The van der Waals surface area contributed by atoms with Crippen LogP contribution in [0.1, 0.15) is 75.8 Å². The van der Waals surface area contributed by atoms with Crippen LogP contribution >= 0.6 is 11.3 Å². The normalized spacial score (nSPS) is 23.1. The Bertz CT molecular complexity index is 2920. The molecule has 7 aliphatic rings. The summed E-state index contributed by atoms with van der Waals surface area (Å²) in [5.74, 6) is -1.99. The lowest BCUT2D eigenvalue weighted by Gasteiger charge is -2.61. The molecule has 4 fully saturated rings. The molecule has 3 aromatic carbocycles. The maximum Gasteiger partial charge on any atom is 0.325 e. The third-order valence-electron chi connectivity index (χ3n) is 15.1. The molecular weight excluding hydrogens is 907 g/mol. The Balaban J connectivity index is 0.639. The summed E-state index contributed by atoms with van der Waals surface area (Å²) in [7, 11) is 1.86. The van der Waals surface area contributed by atoms with Crippen LogP contribution in [0.2, 0.25) is 0 Å². The van der Waals surface area contributed by atoms with Gasteiger partial charge in [0.15, 0.2) is 11.2 Å². The molecule has 5 aromatic rings. The van der Waals surface area contributed by atoms with Crippen LogP contribution in [0.15, 0.2) is 72.5 Å². The van der Waals surface area contributed by atoms with Crippen LogP contribution < -0.4 is 26.0 Å². The predicted octanol–water partition coefficient (Wildman–Crippen LogP) is 4.80. The van der Waals surface area contributed by atoms with Gasteiger partial charge in [-0.05, 0) is 72.8 Å². The number of rotatable bonds is 10. The van der Waals surface area contributed by atoms with E-state index in [1.54, 1.807) is 28.9 Å². The first-order valence-corrected chi connectivity index (χ1v) is 24.4. The van der Waals surface area contributed by atoms with Crippen LogP contribution in [0.4, 0.5) is 30.1 Å². The zero-order chi connectivity index (χ0) is 47.3. The number of carbonyl (C=O) groups excluding carboxylic acids is 5. The molecule has 4 atom stereocenters. The minimum Gasteiger partial charge on any atom is -0.370 e. The second-order valence-corrected chi connectivity index (χ2v) is 20.4. The number of urea groups is 1. The van der Waals surface area contributed by atoms with Gasteiger partial charge in [-0.15, -0.1) is 11.3 Å². The molecule has 17 nitrogen and oxygen atoms in total. The highest BCUT2D eigenvalue weighted by molar-refractivity contribution is 7.13. The number of piperidine rings is 1. The second-order valence-electron chi connectivity index (χ2n) is 19.5. The summed E-state index contributed by atoms with van der Waals surface area (Å²) in [6, 6.07) is 15.3. The highest BCUT2D eigenvalue weighted by Crippen LogP contribution is 2.44. The summed E-state index contributed by atoms with van der Waals surface area (Å²) < 4.78 is 33.9. The van der Waals surface area contributed by atoms with E-state index in [4.69, 9.17) is 0 Å². The number of alkyl halides is 1. The van der Waals surface area contributed by atoms with Gasteiger partial charge in [0.1, 0.15) is 18.2 Å². The van der Waals surface area contributed by atoms with E-state index in [0.29, 0.717) is 49.0 Å². The summed E-state index contributed by atoms with van der Waals surface area (Å²) >= 11 is 1.27. The smallest absolute Gasteiger partial charge is 0.325 e. The van der Waals surface area contributed by atoms with Crippen molar-refractivity contribution in [3.05, 3.63) is 112 Å². The molecule has 7 aliphatic heterocycles. The van der Waals surface area contributed by atoms with Gasteiger partial charge in [-0.3, -0.25) is 34.7 Å². The number of aromatic nitrogens is 3. The summed E-state index contributed by atoms with van der Waals surface area (Å²) in [6.45, 7) is 4.86. The maximum absolute atomic E-state index is 16.0. The molecular formula is C49H50F2N12O5S. The van der Waals surface area contributed by atoms with E-state index in [1.165, 1.54) is 22.3 Å². The van der Waals surface area contributed by atoms with Crippen molar-refractivity contribution in [1.29, 1.82) is 0 Å². The van der Waals surface area contributed by atoms with Crippen molar-refractivity contribution in [3.63, 3.8) is 0 Å². The van der Waals surface area contributed by atoms with Crippen LogP contribution in [0.5, 0.6) is 0 Å². The van der Waals surface area contributed by atoms with Gasteiger partial charge in [0.2, 0.25) is 11.8 Å². The maximum atomic E-state index is 16.0. The van der Waals surface area contributed by atoms with E-state index in [9.17, 15) is 24.0 Å². The Kier molecular flexibility index (Phi) is 10.5. The minimum atomic E-state index is -1.15. The molecule has 1 spiro atoms. The third-order valence-corrected chi connectivity index (χ3v) is 15.8. The number of fused-ring (bicyclic) bond motifs is 3. The molecule has 3 N–H and O–H groups in total. The molecule has 20 heteroatoms. The Morgan fingerprint density at radius 3 is 2.57 bits per heavy atom. The monoisotopic (exact) mass is 956 g/mol. The van der Waals surface area contributed by atoms with Crippen LogP contribution in [0, 0.1) is 11.2 Å². The molecule has 69 heavy (non-hydrogen) atoms. The second kappa shape index (κ2) is 16.7. The van der Waals surface area contributed by atoms with Gasteiger partial charge in [-0.25, -0.2) is 29.0 Å². The number of hydrazine groups is 1. The van der Waals surface area contributed by atoms with Crippen LogP contribution in [-0.2, 0) is 33.9 Å². The number of imide groups is 1. The fourth-order valence-corrected chi connectivity index (χ4v) is 12.1. The molecule has 2 aromatic heterocycles. The number of carbonyl (C=O) groups is 5. The fourth-order valence-electron chi connectivity index (χ4n) is 11.6. The predicted molar refractivity (Wildman–Crippen MR) is 251 cm³/mol. The standard InChI is InChI=1S/C49H50F2N12O5S/c1-57-39-19-29(6-9-33(39)44(56-57)62-15-11-40(64)54-48(62)68)32-10-14-58(21-37(32)51)22-41(65)61-25-49(26-61)23-60(24-49)31-7-4-28(5-8-31)30-17-34-35(36(50)18-30)20-63(46(34)67)43(45(66)55-47-52-12-16-69-47)42-38-3-2-13-59(38)27-53-42/h4-9,12,16-19,27,32,37,43-44,56H,2-3,10-11,13-15,20-26H2,1H3,(H,52,55,66)(H,54,64,68). The lowest BCUT2D eigenvalue weighted by atomic mass is 9.72. The average molecular weight is 957 g/mol. The van der Waals surface area contributed by atoms with Crippen LogP contribution in [0.25, 0.3) is 11.1 Å². The summed E-state index contributed by atoms with van der Waals surface area (Å²) in [5, 5.41) is 9.21. The number of halogens is 2. The van der Waals surface area contributed by atoms with E-state index in [2.05, 4.69) is 30.9 Å². The Morgan fingerprint density at radius 2 is 1.80 bits per heavy atom. The lowest BCUT2D eigenvalue weighted by Crippen LogP contribution is -2.73. The number of hydrogen-bond acceptors (Lipinski definition) is 12. The van der Waals surface area contributed by atoms with Crippen molar-refractivity contribution in [2.45, 2.75) is 63.1 Å². The number of likely N-dealkylation sites (tertiary alicyclic amines) is 2. The molecule has 356 valence electrons. The molecule has 0 aliphatic carbocycles. The number of benzene rings is 3. The Morgan fingerprint density at radius 1 is 0.971 bits per heavy atom. The Labute approximate surface area is 400 Å². The third kappa shape index (κ3) is 7.59. The van der Waals surface area contributed by atoms with Gasteiger partial charge in [0.05, 0.1) is 30.8 Å². The molecule has 4 saturated heterocycles. The van der Waals surface area contributed by atoms with E-state index in [-0.39, 0.29) is 60.3 Å². The fraction of sp³-hybridized carbons (Fsp3) is 0.408. The zero-order valence-electron chi connectivity index (χ0n) is 37.9. The van der Waals surface area contributed by atoms with E-state index in [0.717, 1.165) is 66.2 Å². The largest absolute Gasteiger partial charge is 0.370 e. The first-order chi connectivity index (χ1) is 33.4. The van der Waals surface area contributed by atoms with Gasteiger partial charge < -0.3 is 29.2 Å². The summed E-state index contributed by atoms with van der Waals surface area (Å²) in [4.78, 5) is 83.6. The number of imidazole rings is 1. The number of nitrogens with one attached hydrogen (secondary N) is 3. The van der Waals surface area contributed by atoms with Gasteiger partial charge in [-0.1, -0.05) is 24.3 Å². The number of aryl methyl sites for hydroxylation is 1. The number of thiazole rings is 1. The topological polar surface area (TPSA) is 172 Å². The quantitative estimate of drug-likeness (QED) is 0.176. The SMILES string of the molecule is CN1NC(N2CCC(=O)NC2=O)c2ccc(C3CCN(CC(=O)N4CC5(C4)CN(c4ccc(-c6cc(F)c7c(c6)C(=O)N(C(C(=O)Nc6nccs6)c6ncn8c6CCC8)C7)cc4)C5)CC3F)cc21. The summed E-state index contributed by atoms with van der Waals surface area (Å²) in [6.07, 6.45) is 4.16. The first kappa shape index (κ1) is 43.5. The number of anilines is 3. The number of amides is 6. The van der Waals surface area contributed by atoms with Gasteiger partial charge >= 0.3 is 6.03 Å². The van der Waals surface area contributed by atoms with Crippen molar-refractivity contribution in [1.82, 2.24) is 44.9 Å². The molecule has 12 rings (SSSR count). The van der Waals surface area contributed by atoms with Crippen molar-refractivity contribution in [3.8, 4) is 11.1 Å².